The van der Waals surface area contributed by atoms with Crippen molar-refractivity contribution in [2.75, 3.05) is 5.75 Å². The summed E-state index contributed by atoms with van der Waals surface area (Å²) in [5.74, 6) is 0.838. The fourth-order valence-corrected chi connectivity index (χ4v) is 7.45. The van der Waals surface area contributed by atoms with Crippen molar-refractivity contribution in [2.45, 2.75) is 75.6 Å². The van der Waals surface area contributed by atoms with Crippen LogP contribution >= 0.6 is 23.1 Å². The molecule has 38 heavy (non-hydrogen) atoms. The van der Waals surface area contributed by atoms with E-state index in [2.05, 4.69) is 47.9 Å². The average Bonchev–Trinajstić information content (AvgIpc) is 3.82. The van der Waals surface area contributed by atoms with Crippen LogP contribution in [0.3, 0.4) is 0 Å². The van der Waals surface area contributed by atoms with Crippen LogP contribution < -0.4 is 0 Å². The molecule has 5 rings (SSSR count). The third-order valence-corrected chi connectivity index (χ3v) is 10.2. The molecule has 2 aliphatic carbocycles. The lowest BCUT2D eigenvalue weighted by atomic mass is 9.90. The highest BCUT2D eigenvalue weighted by molar-refractivity contribution is 7.99. The summed E-state index contributed by atoms with van der Waals surface area (Å²) in [6.45, 7) is 3.68. The average molecular weight is 548 g/mol. The molecule has 6 heteroatoms. The first-order chi connectivity index (χ1) is 18.2. The SMILES string of the molecule is CC(C)(O)c1ccccc1CC[C@@H](SCC1(CC(=O)O)CC1)c1cccc(/C=C/c2nc(C3CC3)cs2)c1. The lowest BCUT2D eigenvalue weighted by Gasteiger charge is -2.24. The molecule has 2 N–H and O–H groups in total. The zero-order chi connectivity index (χ0) is 26.8. The second-order valence-corrected chi connectivity index (χ2v) is 13.6. The molecule has 0 amide bonds. The maximum atomic E-state index is 11.4. The van der Waals surface area contributed by atoms with Gasteiger partial charge in [0.15, 0.2) is 0 Å². The molecule has 2 aliphatic rings. The molecule has 2 aromatic carbocycles. The van der Waals surface area contributed by atoms with Crippen molar-refractivity contribution >= 4 is 41.2 Å². The fraction of sp³-hybridized carbons (Fsp3) is 0.438. The Bertz CT molecular complexity index is 1300. The van der Waals surface area contributed by atoms with E-state index in [-0.39, 0.29) is 17.1 Å². The molecule has 2 saturated carbocycles. The maximum absolute atomic E-state index is 11.4. The van der Waals surface area contributed by atoms with Crippen LogP contribution in [0, 0.1) is 5.41 Å². The first-order valence-electron chi connectivity index (χ1n) is 13.6. The number of aliphatic hydroxyl groups is 1. The number of benzene rings is 2. The lowest BCUT2D eigenvalue weighted by Crippen LogP contribution is -2.18. The van der Waals surface area contributed by atoms with Crippen LogP contribution in [0.4, 0.5) is 0 Å². The molecule has 0 spiro atoms. The number of carboxylic acid groups (broad SMARTS) is 1. The molecule has 0 aliphatic heterocycles. The summed E-state index contributed by atoms with van der Waals surface area (Å²) in [6, 6.07) is 16.9. The molecule has 0 unspecified atom stereocenters. The largest absolute Gasteiger partial charge is 0.481 e. The summed E-state index contributed by atoms with van der Waals surface area (Å²) in [5, 5.41) is 23.6. The van der Waals surface area contributed by atoms with E-state index in [4.69, 9.17) is 4.98 Å². The minimum atomic E-state index is -0.890. The van der Waals surface area contributed by atoms with Crippen molar-refractivity contribution < 1.29 is 15.0 Å². The topological polar surface area (TPSA) is 70.4 Å². The van der Waals surface area contributed by atoms with Gasteiger partial charge in [-0.25, -0.2) is 4.98 Å². The van der Waals surface area contributed by atoms with E-state index in [1.54, 1.807) is 11.3 Å². The molecule has 0 saturated heterocycles. The summed E-state index contributed by atoms with van der Waals surface area (Å²) in [4.78, 5) is 16.2. The van der Waals surface area contributed by atoms with Crippen molar-refractivity contribution in [1.82, 2.24) is 4.98 Å². The van der Waals surface area contributed by atoms with Crippen molar-refractivity contribution in [1.29, 1.82) is 0 Å². The minimum Gasteiger partial charge on any atom is -0.481 e. The van der Waals surface area contributed by atoms with Gasteiger partial charge in [0.25, 0.3) is 0 Å². The minimum absolute atomic E-state index is 0.0542. The van der Waals surface area contributed by atoms with E-state index in [0.717, 1.165) is 47.6 Å². The maximum Gasteiger partial charge on any atom is 0.303 e. The van der Waals surface area contributed by atoms with E-state index < -0.39 is 11.6 Å². The van der Waals surface area contributed by atoms with E-state index in [1.165, 1.54) is 29.7 Å². The molecule has 1 heterocycles. The van der Waals surface area contributed by atoms with Crippen LogP contribution in [-0.2, 0) is 16.8 Å². The first-order valence-corrected chi connectivity index (χ1v) is 15.5. The predicted octanol–water partition coefficient (Wildman–Crippen LogP) is 8.08. The van der Waals surface area contributed by atoms with Gasteiger partial charge in [-0.15, -0.1) is 11.3 Å². The van der Waals surface area contributed by atoms with Gasteiger partial charge in [-0.1, -0.05) is 54.6 Å². The van der Waals surface area contributed by atoms with Crippen LogP contribution in [0.25, 0.3) is 12.2 Å². The summed E-state index contributed by atoms with van der Waals surface area (Å²) in [6.07, 6.45) is 10.8. The number of aryl methyl sites for hydroxylation is 1. The molecule has 0 bridgehead atoms. The summed E-state index contributed by atoms with van der Waals surface area (Å²) < 4.78 is 0. The summed E-state index contributed by atoms with van der Waals surface area (Å²) >= 11 is 3.60. The van der Waals surface area contributed by atoms with Crippen LogP contribution in [0.1, 0.15) is 96.5 Å². The quantitative estimate of drug-likeness (QED) is 0.226. The van der Waals surface area contributed by atoms with Crippen LogP contribution in [0.2, 0.25) is 0 Å². The van der Waals surface area contributed by atoms with Gasteiger partial charge in [-0.2, -0.15) is 11.8 Å². The normalized spacial score (nSPS) is 17.6. The summed E-state index contributed by atoms with van der Waals surface area (Å²) in [7, 11) is 0. The lowest BCUT2D eigenvalue weighted by molar-refractivity contribution is -0.138. The number of hydrogen-bond acceptors (Lipinski definition) is 5. The monoisotopic (exact) mass is 547 g/mol. The third kappa shape index (κ3) is 7.16. The number of hydrogen-bond donors (Lipinski definition) is 2. The number of rotatable bonds is 13. The van der Waals surface area contributed by atoms with Crippen LogP contribution in [0.5, 0.6) is 0 Å². The number of nitrogens with zero attached hydrogens (tertiary/aromatic N) is 1. The smallest absolute Gasteiger partial charge is 0.303 e. The van der Waals surface area contributed by atoms with Gasteiger partial charge >= 0.3 is 5.97 Å². The Hall–Kier alpha value is -2.41. The molecular weight excluding hydrogens is 510 g/mol. The fourth-order valence-electron chi connectivity index (χ4n) is 5.09. The highest BCUT2D eigenvalue weighted by atomic mass is 32.2. The van der Waals surface area contributed by atoms with Gasteiger partial charge in [0.1, 0.15) is 5.01 Å². The van der Waals surface area contributed by atoms with Gasteiger partial charge < -0.3 is 10.2 Å². The Morgan fingerprint density at radius 3 is 2.68 bits per heavy atom. The Morgan fingerprint density at radius 1 is 1.18 bits per heavy atom. The van der Waals surface area contributed by atoms with Crippen molar-refractivity contribution in [2.24, 2.45) is 5.41 Å². The number of thiazole rings is 1. The van der Waals surface area contributed by atoms with Gasteiger partial charge in [0, 0.05) is 22.3 Å². The highest BCUT2D eigenvalue weighted by Crippen LogP contribution is 2.53. The van der Waals surface area contributed by atoms with Gasteiger partial charge in [0.05, 0.1) is 17.7 Å². The molecule has 1 atom stereocenters. The number of aliphatic carboxylic acids is 1. The molecule has 2 fully saturated rings. The van der Waals surface area contributed by atoms with Gasteiger partial charge in [-0.05, 0) is 86.1 Å². The molecule has 200 valence electrons. The molecule has 0 radical (unpaired) electrons. The third-order valence-electron chi connectivity index (χ3n) is 7.66. The van der Waals surface area contributed by atoms with Crippen molar-refractivity contribution in [3.8, 4) is 0 Å². The predicted molar refractivity (Wildman–Crippen MR) is 159 cm³/mol. The molecular formula is C32H37NO3S2. The Kier molecular flexibility index (Phi) is 8.13. The number of carboxylic acids is 1. The van der Waals surface area contributed by atoms with Crippen LogP contribution in [-0.4, -0.2) is 26.9 Å². The summed E-state index contributed by atoms with van der Waals surface area (Å²) in [5.41, 5.74) is 4.85. The molecule has 1 aromatic heterocycles. The second-order valence-electron chi connectivity index (χ2n) is 11.5. The van der Waals surface area contributed by atoms with Crippen molar-refractivity contribution in [3.63, 3.8) is 0 Å². The standard InChI is InChI=1S/C32H37NO3S2/c1-31(2,36)26-9-4-3-7-23(26)13-14-28(38-21-32(16-17-32)19-30(34)35)25-8-5-6-22(18-25)10-15-29-33-27(20-37-29)24-11-12-24/h3-10,15,18,20,24,28,36H,11-14,16-17,19,21H2,1-2H3,(H,34,35)/b15-10+/t28-/m1/s1. The molecule has 3 aromatic rings. The number of thioether (sulfide) groups is 1. The highest BCUT2D eigenvalue weighted by Gasteiger charge is 2.44. The number of carbonyl (C=O) groups is 1. The van der Waals surface area contributed by atoms with E-state index in [1.807, 2.05) is 43.8 Å². The first kappa shape index (κ1) is 27.2. The second kappa shape index (κ2) is 11.4. The Balaban J connectivity index is 1.34. The Morgan fingerprint density at radius 2 is 1.97 bits per heavy atom. The van der Waals surface area contributed by atoms with E-state index >= 15 is 0 Å². The van der Waals surface area contributed by atoms with Crippen molar-refractivity contribution in [3.05, 3.63) is 86.9 Å². The zero-order valence-electron chi connectivity index (χ0n) is 22.2. The Labute approximate surface area is 234 Å². The van der Waals surface area contributed by atoms with Gasteiger partial charge in [-0.3, -0.25) is 4.79 Å². The number of aromatic nitrogens is 1. The van der Waals surface area contributed by atoms with Crippen LogP contribution in [0.15, 0.2) is 53.9 Å². The van der Waals surface area contributed by atoms with E-state index in [9.17, 15) is 15.0 Å². The molecule has 4 nitrogen and oxygen atoms in total. The zero-order valence-corrected chi connectivity index (χ0v) is 23.9. The van der Waals surface area contributed by atoms with E-state index in [0.29, 0.717) is 5.92 Å². The van der Waals surface area contributed by atoms with Gasteiger partial charge in [0.2, 0.25) is 0 Å².